The Morgan fingerprint density at radius 2 is 2.05 bits per heavy atom. The minimum absolute atomic E-state index is 0.168. The zero-order valence-corrected chi connectivity index (χ0v) is 11.6. The molecule has 0 saturated carbocycles. The summed E-state index contributed by atoms with van der Waals surface area (Å²) in [6.45, 7) is 3.57. The summed E-state index contributed by atoms with van der Waals surface area (Å²) in [5.41, 5.74) is 2.94. The Balaban J connectivity index is 1.99. The van der Waals surface area contributed by atoms with E-state index in [2.05, 4.69) is 10.5 Å². The zero-order chi connectivity index (χ0) is 14.3. The SMILES string of the molecule is Cc1noc(C)c1NC(=O)c1cc2ccccc2n1C. The smallest absolute Gasteiger partial charge is 0.272 e. The summed E-state index contributed by atoms with van der Waals surface area (Å²) in [6, 6.07) is 9.77. The fourth-order valence-corrected chi connectivity index (χ4v) is 2.35. The van der Waals surface area contributed by atoms with Crippen molar-refractivity contribution in [2.75, 3.05) is 5.32 Å². The average molecular weight is 269 g/mol. The molecule has 3 aromatic rings. The molecule has 1 aromatic carbocycles. The van der Waals surface area contributed by atoms with Gasteiger partial charge in [-0.2, -0.15) is 0 Å². The first-order valence-corrected chi connectivity index (χ1v) is 6.36. The number of aryl methyl sites for hydroxylation is 3. The van der Waals surface area contributed by atoms with Crippen LogP contribution < -0.4 is 5.32 Å². The molecule has 0 aliphatic heterocycles. The minimum Gasteiger partial charge on any atom is -0.359 e. The third kappa shape index (κ3) is 1.87. The number of anilines is 1. The van der Waals surface area contributed by atoms with Crippen molar-refractivity contribution in [3.05, 3.63) is 47.5 Å². The van der Waals surface area contributed by atoms with Crippen LogP contribution >= 0.6 is 0 Å². The number of nitrogens with zero attached hydrogens (tertiary/aromatic N) is 2. The molecule has 102 valence electrons. The summed E-state index contributed by atoms with van der Waals surface area (Å²) in [6.07, 6.45) is 0. The van der Waals surface area contributed by atoms with E-state index < -0.39 is 0 Å². The largest absolute Gasteiger partial charge is 0.359 e. The molecule has 5 heteroatoms. The third-order valence-electron chi connectivity index (χ3n) is 3.46. The lowest BCUT2D eigenvalue weighted by Crippen LogP contribution is -2.16. The maximum atomic E-state index is 12.4. The number of carbonyl (C=O) groups is 1. The minimum atomic E-state index is -0.168. The van der Waals surface area contributed by atoms with Gasteiger partial charge < -0.3 is 14.4 Å². The lowest BCUT2D eigenvalue weighted by Gasteiger charge is -2.05. The number of hydrogen-bond donors (Lipinski definition) is 1. The second-order valence-electron chi connectivity index (χ2n) is 4.80. The van der Waals surface area contributed by atoms with Crippen LogP contribution in [0.4, 0.5) is 5.69 Å². The zero-order valence-electron chi connectivity index (χ0n) is 11.6. The Bertz CT molecular complexity index is 779. The van der Waals surface area contributed by atoms with Crippen molar-refractivity contribution in [3.63, 3.8) is 0 Å². The molecule has 2 heterocycles. The van der Waals surface area contributed by atoms with Gasteiger partial charge in [-0.15, -0.1) is 0 Å². The number of nitrogens with one attached hydrogen (secondary N) is 1. The Hall–Kier alpha value is -2.56. The number of hydrogen-bond acceptors (Lipinski definition) is 3. The van der Waals surface area contributed by atoms with Crippen LogP contribution in [-0.2, 0) is 7.05 Å². The molecule has 0 fully saturated rings. The van der Waals surface area contributed by atoms with Crippen LogP contribution in [0.15, 0.2) is 34.9 Å². The van der Waals surface area contributed by atoms with Crippen LogP contribution in [-0.4, -0.2) is 15.6 Å². The maximum absolute atomic E-state index is 12.4. The summed E-state index contributed by atoms with van der Waals surface area (Å²) in [5, 5.41) is 7.73. The molecule has 1 amide bonds. The van der Waals surface area contributed by atoms with Gasteiger partial charge in [0.05, 0.1) is 0 Å². The van der Waals surface area contributed by atoms with Crippen LogP contribution in [0.2, 0.25) is 0 Å². The fraction of sp³-hybridized carbons (Fsp3) is 0.200. The summed E-state index contributed by atoms with van der Waals surface area (Å²) in [7, 11) is 1.88. The van der Waals surface area contributed by atoms with Gasteiger partial charge in [-0.1, -0.05) is 23.4 Å². The van der Waals surface area contributed by atoms with Gasteiger partial charge in [0.2, 0.25) is 0 Å². The molecule has 3 rings (SSSR count). The topological polar surface area (TPSA) is 60.1 Å². The van der Waals surface area contributed by atoms with Crippen LogP contribution in [0.1, 0.15) is 21.9 Å². The van der Waals surface area contributed by atoms with Crippen molar-refractivity contribution < 1.29 is 9.32 Å². The van der Waals surface area contributed by atoms with Gasteiger partial charge in [0.1, 0.15) is 17.1 Å². The van der Waals surface area contributed by atoms with Gasteiger partial charge in [-0.05, 0) is 26.0 Å². The van der Waals surface area contributed by atoms with E-state index in [-0.39, 0.29) is 5.91 Å². The molecule has 0 bridgehead atoms. The monoisotopic (exact) mass is 269 g/mol. The molecule has 0 unspecified atom stereocenters. The number of benzene rings is 1. The lowest BCUT2D eigenvalue weighted by molar-refractivity contribution is 0.101. The van der Waals surface area contributed by atoms with Gasteiger partial charge in [-0.25, -0.2) is 0 Å². The maximum Gasteiger partial charge on any atom is 0.272 e. The van der Waals surface area contributed by atoms with Gasteiger partial charge in [0.25, 0.3) is 5.91 Å². The highest BCUT2D eigenvalue weighted by atomic mass is 16.5. The fourth-order valence-electron chi connectivity index (χ4n) is 2.35. The first kappa shape index (κ1) is 12.5. The summed E-state index contributed by atoms with van der Waals surface area (Å²) >= 11 is 0. The Morgan fingerprint density at radius 3 is 2.70 bits per heavy atom. The molecule has 20 heavy (non-hydrogen) atoms. The predicted octanol–water partition coefficient (Wildman–Crippen LogP) is 3.04. The Kier molecular flexibility index (Phi) is 2.82. The van der Waals surface area contributed by atoms with Crippen molar-refractivity contribution in [3.8, 4) is 0 Å². The van der Waals surface area contributed by atoms with Crippen molar-refractivity contribution in [2.24, 2.45) is 7.05 Å². The van der Waals surface area contributed by atoms with Crippen molar-refractivity contribution in [1.82, 2.24) is 9.72 Å². The highest BCUT2D eigenvalue weighted by Gasteiger charge is 2.17. The standard InChI is InChI=1S/C15H15N3O2/c1-9-14(10(2)20-17-9)16-15(19)13-8-11-6-4-5-7-12(11)18(13)3/h4-8H,1-3H3,(H,16,19). The van der Waals surface area contributed by atoms with Crippen LogP contribution in [0, 0.1) is 13.8 Å². The van der Waals surface area contributed by atoms with Crippen molar-refractivity contribution in [2.45, 2.75) is 13.8 Å². The van der Waals surface area contributed by atoms with Crippen LogP contribution in [0.5, 0.6) is 0 Å². The van der Waals surface area contributed by atoms with Crippen molar-refractivity contribution in [1.29, 1.82) is 0 Å². The number of aromatic nitrogens is 2. The number of carbonyl (C=O) groups excluding carboxylic acids is 1. The molecule has 1 N–H and O–H groups in total. The van der Waals surface area contributed by atoms with Crippen molar-refractivity contribution >= 4 is 22.5 Å². The second-order valence-corrected chi connectivity index (χ2v) is 4.80. The average Bonchev–Trinajstić information content (AvgIpc) is 2.94. The van der Waals surface area contributed by atoms with Gasteiger partial charge in [0.15, 0.2) is 5.76 Å². The molecular formula is C15H15N3O2. The molecule has 0 spiro atoms. The van der Waals surface area contributed by atoms with E-state index in [1.165, 1.54) is 0 Å². The summed E-state index contributed by atoms with van der Waals surface area (Å²) < 4.78 is 6.93. The van der Waals surface area contributed by atoms with E-state index in [0.717, 1.165) is 10.9 Å². The molecule has 0 aliphatic carbocycles. The second kappa shape index (κ2) is 4.52. The normalized spacial score (nSPS) is 10.9. The van der Waals surface area contributed by atoms with Crippen LogP contribution in [0.3, 0.4) is 0 Å². The Morgan fingerprint density at radius 1 is 1.30 bits per heavy atom. The van der Waals surface area contributed by atoms with E-state index in [1.807, 2.05) is 41.9 Å². The highest BCUT2D eigenvalue weighted by molar-refractivity contribution is 6.06. The summed E-state index contributed by atoms with van der Waals surface area (Å²) in [5.74, 6) is 0.438. The first-order valence-electron chi connectivity index (χ1n) is 6.36. The third-order valence-corrected chi connectivity index (χ3v) is 3.46. The van der Waals surface area contributed by atoms with E-state index in [9.17, 15) is 4.79 Å². The van der Waals surface area contributed by atoms with E-state index in [0.29, 0.717) is 22.8 Å². The van der Waals surface area contributed by atoms with Crippen LogP contribution in [0.25, 0.3) is 10.9 Å². The molecular weight excluding hydrogens is 254 g/mol. The predicted molar refractivity (Wildman–Crippen MR) is 76.8 cm³/mol. The number of amides is 1. The molecule has 0 aliphatic rings. The van der Waals surface area contributed by atoms with E-state index >= 15 is 0 Å². The van der Waals surface area contributed by atoms with Gasteiger partial charge in [0, 0.05) is 18.0 Å². The molecule has 2 aromatic heterocycles. The summed E-state index contributed by atoms with van der Waals surface area (Å²) in [4.78, 5) is 12.4. The van der Waals surface area contributed by atoms with Gasteiger partial charge >= 0.3 is 0 Å². The number of fused-ring (bicyclic) bond motifs is 1. The number of para-hydroxylation sites is 1. The van der Waals surface area contributed by atoms with Gasteiger partial charge in [-0.3, -0.25) is 4.79 Å². The quantitative estimate of drug-likeness (QED) is 0.777. The van der Waals surface area contributed by atoms with E-state index in [4.69, 9.17) is 4.52 Å². The molecule has 0 saturated heterocycles. The number of rotatable bonds is 2. The highest BCUT2D eigenvalue weighted by Crippen LogP contribution is 2.22. The molecule has 5 nitrogen and oxygen atoms in total. The Labute approximate surface area is 116 Å². The van der Waals surface area contributed by atoms with E-state index in [1.54, 1.807) is 13.8 Å². The first-order chi connectivity index (χ1) is 9.58. The molecule has 0 atom stereocenters. The molecule has 0 radical (unpaired) electrons. The lowest BCUT2D eigenvalue weighted by atomic mass is 10.2.